The van der Waals surface area contributed by atoms with Gasteiger partial charge < -0.3 is 9.47 Å². The standard InChI is InChI=1S/C17H19N5S/c1-13-18-9-11-21(13)12-15-8-5-10-22(15)17-19-16(20-23-17)14-6-3-2-4-7-14/h2-4,6-7,9,11,15H,5,8,10,12H2,1H3. The Kier molecular flexibility index (Phi) is 3.83. The van der Waals surface area contributed by atoms with Gasteiger partial charge in [-0.2, -0.15) is 9.36 Å². The van der Waals surface area contributed by atoms with Gasteiger partial charge in [0.05, 0.1) is 0 Å². The first-order valence-electron chi connectivity index (χ1n) is 7.95. The molecule has 0 amide bonds. The molecule has 4 rings (SSSR count). The van der Waals surface area contributed by atoms with Crippen LogP contribution in [0, 0.1) is 6.92 Å². The van der Waals surface area contributed by atoms with E-state index in [0.717, 1.165) is 35.4 Å². The second-order valence-electron chi connectivity index (χ2n) is 5.88. The summed E-state index contributed by atoms with van der Waals surface area (Å²) < 4.78 is 6.77. The van der Waals surface area contributed by atoms with Gasteiger partial charge >= 0.3 is 0 Å². The van der Waals surface area contributed by atoms with Crippen LogP contribution in [0.3, 0.4) is 0 Å². The van der Waals surface area contributed by atoms with E-state index in [1.165, 1.54) is 24.4 Å². The van der Waals surface area contributed by atoms with E-state index >= 15 is 0 Å². The van der Waals surface area contributed by atoms with E-state index in [1.54, 1.807) is 0 Å². The molecule has 1 fully saturated rings. The number of anilines is 1. The third-order valence-electron chi connectivity index (χ3n) is 4.40. The van der Waals surface area contributed by atoms with Crippen molar-refractivity contribution in [2.45, 2.75) is 32.4 Å². The van der Waals surface area contributed by atoms with E-state index in [-0.39, 0.29) is 0 Å². The van der Waals surface area contributed by atoms with Gasteiger partial charge in [-0.3, -0.25) is 0 Å². The molecule has 1 atom stereocenters. The summed E-state index contributed by atoms with van der Waals surface area (Å²) in [6, 6.07) is 10.7. The molecule has 5 nitrogen and oxygen atoms in total. The average molecular weight is 325 g/mol. The van der Waals surface area contributed by atoms with Gasteiger partial charge in [-0.15, -0.1) is 0 Å². The number of benzene rings is 1. The first kappa shape index (κ1) is 14.4. The minimum absolute atomic E-state index is 0.472. The molecule has 0 N–H and O–H groups in total. The van der Waals surface area contributed by atoms with Crippen LogP contribution in [0.1, 0.15) is 18.7 Å². The zero-order valence-corrected chi connectivity index (χ0v) is 13.9. The second kappa shape index (κ2) is 6.12. The topological polar surface area (TPSA) is 46.8 Å². The van der Waals surface area contributed by atoms with Crippen molar-refractivity contribution in [1.29, 1.82) is 0 Å². The summed E-state index contributed by atoms with van der Waals surface area (Å²) in [5, 5.41) is 1.03. The number of nitrogens with zero attached hydrogens (tertiary/aromatic N) is 5. The van der Waals surface area contributed by atoms with Crippen LogP contribution in [0.25, 0.3) is 11.4 Å². The van der Waals surface area contributed by atoms with Gasteiger partial charge in [-0.05, 0) is 19.8 Å². The molecule has 3 aromatic rings. The quantitative estimate of drug-likeness (QED) is 0.738. The van der Waals surface area contributed by atoms with Crippen molar-refractivity contribution in [3.8, 4) is 11.4 Å². The van der Waals surface area contributed by atoms with Crippen LogP contribution < -0.4 is 4.90 Å². The van der Waals surface area contributed by atoms with Crippen LogP contribution in [0.5, 0.6) is 0 Å². The van der Waals surface area contributed by atoms with Gasteiger partial charge in [0.2, 0.25) is 5.13 Å². The lowest BCUT2D eigenvalue weighted by Gasteiger charge is -2.24. The fourth-order valence-electron chi connectivity index (χ4n) is 3.14. The maximum atomic E-state index is 4.77. The van der Waals surface area contributed by atoms with Gasteiger partial charge in [0.25, 0.3) is 0 Å². The van der Waals surface area contributed by atoms with E-state index in [0.29, 0.717) is 6.04 Å². The smallest absolute Gasteiger partial charge is 0.205 e. The van der Waals surface area contributed by atoms with E-state index in [9.17, 15) is 0 Å². The molecule has 1 unspecified atom stereocenters. The first-order chi connectivity index (χ1) is 11.3. The molecular formula is C17H19N5S. The molecule has 118 valence electrons. The van der Waals surface area contributed by atoms with Gasteiger partial charge in [-0.1, -0.05) is 30.3 Å². The van der Waals surface area contributed by atoms with Gasteiger partial charge in [0, 0.05) is 48.6 Å². The maximum absolute atomic E-state index is 4.77. The fourth-order valence-corrected chi connectivity index (χ4v) is 3.92. The number of imidazole rings is 1. The van der Waals surface area contributed by atoms with Crippen LogP contribution in [0.4, 0.5) is 5.13 Å². The largest absolute Gasteiger partial charge is 0.342 e. The lowest BCUT2D eigenvalue weighted by atomic mass is 10.2. The molecule has 1 aliphatic heterocycles. The van der Waals surface area contributed by atoms with Crippen LogP contribution in [-0.4, -0.2) is 31.5 Å². The Balaban J connectivity index is 1.55. The number of hydrogen-bond donors (Lipinski definition) is 0. The zero-order valence-electron chi connectivity index (χ0n) is 13.1. The molecule has 0 saturated carbocycles. The molecule has 1 saturated heterocycles. The van der Waals surface area contributed by atoms with Crippen molar-refractivity contribution >= 4 is 16.7 Å². The third kappa shape index (κ3) is 2.86. The van der Waals surface area contributed by atoms with E-state index in [1.807, 2.05) is 24.4 Å². The Bertz CT molecular complexity index is 779. The Morgan fingerprint density at radius 1 is 1.26 bits per heavy atom. The third-order valence-corrected chi connectivity index (χ3v) is 5.15. The molecular weight excluding hydrogens is 306 g/mol. The first-order valence-corrected chi connectivity index (χ1v) is 8.72. The molecule has 1 aromatic carbocycles. The van der Waals surface area contributed by atoms with Crippen molar-refractivity contribution in [3.05, 3.63) is 48.5 Å². The van der Waals surface area contributed by atoms with E-state index in [2.05, 4.69) is 44.1 Å². The molecule has 0 bridgehead atoms. The summed E-state index contributed by atoms with van der Waals surface area (Å²) in [6.07, 6.45) is 6.32. The maximum Gasteiger partial charge on any atom is 0.205 e. The minimum atomic E-state index is 0.472. The highest BCUT2D eigenvalue weighted by Crippen LogP contribution is 2.30. The predicted octanol–water partition coefficient (Wildman–Crippen LogP) is 3.38. The highest BCUT2D eigenvalue weighted by molar-refractivity contribution is 7.09. The summed E-state index contributed by atoms with van der Waals surface area (Å²) in [6.45, 7) is 4.08. The van der Waals surface area contributed by atoms with Gasteiger partial charge in [-0.25, -0.2) is 4.98 Å². The van der Waals surface area contributed by atoms with Crippen molar-refractivity contribution in [2.75, 3.05) is 11.4 Å². The Labute approximate surface area is 139 Å². The summed E-state index contributed by atoms with van der Waals surface area (Å²) >= 11 is 1.50. The van der Waals surface area contributed by atoms with E-state index in [4.69, 9.17) is 4.98 Å². The number of rotatable bonds is 4. The van der Waals surface area contributed by atoms with Gasteiger partial charge in [0.15, 0.2) is 5.82 Å². The van der Waals surface area contributed by atoms with Crippen molar-refractivity contribution < 1.29 is 0 Å². The highest BCUT2D eigenvalue weighted by Gasteiger charge is 2.28. The summed E-state index contributed by atoms with van der Waals surface area (Å²) in [5.41, 5.74) is 1.08. The Hall–Kier alpha value is -2.21. The van der Waals surface area contributed by atoms with Crippen LogP contribution >= 0.6 is 11.5 Å². The molecule has 2 aromatic heterocycles. The SMILES string of the molecule is Cc1nccn1CC1CCCN1c1nc(-c2ccccc2)ns1. The Morgan fingerprint density at radius 3 is 2.91 bits per heavy atom. The summed E-state index contributed by atoms with van der Waals surface area (Å²) in [5.74, 6) is 1.90. The summed E-state index contributed by atoms with van der Waals surface area (Å²) in [7, 11) is 0. The molecule has 0 aliphatic carbocycles. The molecule has 6 heteroatoms. The highest BCUT2D eigenvalue weighted by atomic mass is 32.1. The van der Waals surface area contributed by atoms with Crippen LogP contribution in [0.2, 0.25) is 0 Å². The lowest BCUT2D eigenvalue weighted by molar-refractivity contribution is 0.540. The van der Waals surface area contributed by atoms with Gasteiger partial charge in [0.1, 0.15) is 5.82 Å². The molecule has 1 aliphatic rings. The summed E-state index contributed by atoms with van der Waals surface area (Å²) in [4.78, 5) is 11.5. The van der Waals surface area contributed by atoms with Crippen LogP contribution in [-0.2, 0) is 6.54 Å². The molecule has 0 spiro atoms. The monoisotopic (exact) mass is 325 g/mol. The van der Waals surface area contributed by atoms with Crippen molar-refractivity contribution in [2.24, 2.45) is 0 Å². The number of aromatic nitrogens is 4. The number of aryl methyl sites for hydroxylation is 1. The molecule has 3 heterocycles. The number of hydrogen-bond acceptors (Lipinski definition) is 5. The molecule has 23 heavy (non-hydrogen) atoms. The normalized spacial score (nSPS) is 17.8. The molecule has 0 radical (unpaired) electrons. The van der Waals surface area contributed by atoms with E-state index < -0.39 is 0 Å². The average Bonchev–Trinajstić information content (AvgIpc) is 3.30. The Morgan fingerprint density at radius 2 is 2.13 bits per heavy atom. The van der Waals surface area contributed by atoms with Crippen molar-refractivity contribution in [1.82, 2.24) is 18.9 Å². The predicted molar refractivity (Wildman–Crippen MR) is 92.7 cm³/mol. The lowest BCUT2D eigenvalue weighted by Crippen LogP contribution is -2.33. The fraction of sp³-hybridized carbons (Fsp3) is 0.353. The van der Waals surface area contributed by atoms with Crippen molar-refractivity contribution in [3.63, 3.8) is 0 Å². The minimum Gasteiger partial charge on any atom is -0.342 e. The zero-order chi connectivity index (χ0) is 15.6. The van der Waals surface area contributed by atoms with Crippen LogP contribution in [0.15, 0.2) is 42.7 Å². The second-order valence-corrected chi connectivity index (χ2v) is 6.61.